The molecule has 0 aromatic rings. The van der Waals surface area contributed by atoms with Gasteiger partial charge in [0.25, 0.3) is 0 Å². The van der Waals surface area contributed by atoms with Crippen molar-refractivity contribution < 1.29 is 23.1 Å². The molecule has 2 fully saturated rings. The molecular formula is C33H59NO5Si2. The highest BCUT2D eigenvalue weighted by Gasteiger charge is 2.69. The van der Waals surface area contributed by atoms with E-state index < -0.39 is 22.0 Å². The Morgan fingerprint density at radius 3 is 2.00 bits per heavy atom. The lowest BCUT2D eigenvalue weighted by atomic mass is 9.40. The van der Waals surface area contributed by atoms with Crippen molar-refractivity contribution >= 4 is 22.4 Å². The van der Waals surface area contributed by atoms with Gasteiger partial charge in [-0.05, 0) is 84.3 Å². The summed E-state index contributed by atoms with van der Waals surface area (Å²) in [6.07, 6.45) is 1.80. The van der Waals surface area contributed by atoms with Gasteiger partial charge in [-0.2, -0.15) is 5.26 Å². The van der Waals surface area contributed by atoms with Gasteiger partial charge in [0.1, 0.15) is 12.2 Å². The van der Waals surface area contributed by atoms with Gasteiger partial charge < -0.3 is 18.3 Å². The summed E-state index contributed by atoms with van der Waals surface area (Å²) in [5.74, 6) is 0.998. The number of carbonyl (C=O) groups excluding carboxylic acids is 1. The van der Waals surface area contributed by atoms with Crippen molar-refractivity contribution in [2.45, 2.75) is 143 Å². The van der Waals surface area contributed by atoms with Crippen molar-refractivity contribution in [3.05, 3.63) is 11.3 Å². The molecule has 0 unspecified atom stereocenters. The Bertz CT molecular complexity index is 1090. The van der Waals surface area contributed by atoms with Crippen LogP contribution in [-0.4, -0.2) is 48.5 Å². The molecule has 6 atom stereocenters. The second-order valence-corrected chi connectivity index (χ2v) is 26.7. The standard InChI is InChI=1S/C33H59NO5Si2/c1-22-18-33(20-34)26(16-23(22)38-40(12,13)29(2,3)4)32(10)19-24(37-21-36-11)28(39-41(14,15)30(5,6)7)31(8,9)25(32)17-27(33)35/h24-26,28H,16-19,21H2,1-15H3/t24-,25+,26+,28+,32+,33-/m0/s1. The molecule has 0 bridgehead atoms. The van der Waals surface area contributed by atoms with Crippen molar-refractivity contribution in [2.75, 3.05) is 13.9 Å². The summed E-state index contributed by atoms with van der Waals surface area (Å²) in [5.41, 5.74) is -0.648. The number of ketones is 1. The molecular weight excluding hydrogens is 547 g/mol. The summed E-state index contributed by atoms with van der Waals surface area (Å²) in [5, 5.41) is 10.8. The van der Waals surface area contributed by atoms with Crippen LogP contribution in [0.4, 0.5) is 0 Å². The lowest BCUT2D eigenvalue weighted by Crippen LogP contribution is -2.68. The van der Waals surface area contributed by atoms with Gasteiger partial charge >= 0.3 is 0 Å². The van der Waals surface area contributed by atoms with Gasteiger partial charge in [-0.3, -0.25) is 4.79 Å². The van der Waals surface area contributed by atoms with E-state index in [1.54, 1.807) is 7.11 Å². The maximum absolute atomic E-state index is 14.2. The third-order valence-electron chi connectivity index (χ3n) is 12.1. The van der Waals surface area contributed by atoms with Gasteiger partial charge in [-0.15, -0.1) is 0 Å². The van der Waals surface area contributed by atoms with Crippen LogP contribution >= 0.6 is 0 Å². The van der Waals surface area contributed by atoms with Gasteiger partial charge in [-0.1, -0.05) is 62.3 Å². The van der Waals surface area contributed by atoms with Crippen LogP contribution in [0.3, 0.4) is 0 Å². The molecule has 0 aromatic heterocycles. The zero-order valence-electron chi connectivity index (χ0n) is 28.8. The first-order valence-corrected chi connectivity index (χ1v) is 21.3. The van der Waals surface area contributed by atoms with E-state index in [1.165, 1.54) is 0 Å². The molecule has 8 heteroatoms. The minimum atomic E-state index is -2.16. The molecule has 0 amide bonds. The quantitative estimate of drug-likeness (QED) is 0.214. The van der Waals surface area contributed by atoms with E-state index in [9.17, 15) is 10.1 Å². The van der Waals surface area contributed by atoms with Crippen LogP contribution in [0.5, 0.6) is 0 Å². The molecule has 0 aliphatic heterocycles. The van der Waals surface area contributed by atoms with Crippen LogP contribution < -0.4 is 0 Å². The average Bonchev–Trinajstić information content (AvgIpc) is 2.81. The van der Waals surface area contributed by atoms with E-state index in [4.69, 9.17) is 18.3 Å². The number of nitriles is 1. The van der Waals surface area contributed by atoms with Gasteiger partial charge in [0, 0.05) is 20.0 Å². The van der Waals surface area contributed by atoms with Crippen molar-refractivity contribution in [1.82, 2.24) is 0 Å². The second kappa shape index (κ2) is 10.9. The topological polar surface area (TPSA) is 77.8 Å². The predicted octanol–water partition coefficient (Wildman–Crippen LogP) is 8.61. The number of rotatable bonds is 7. The lowest BCUT2D eigenvalue weighted by molar-refractivity contribution is -0.226. The molecule has 3 aliphatic rings. The zero-order valence-corrected chi connectivity index (χ0v) is 30.8. The Balaban J connectivity index is 2.14. The number of nitrogens with zero attached hydrogens (tertiary/aromatic N) is 1. The summed E-state index contributed by atoms with van der Waals surface area (Å²) in [6, 6.07) is 2.61. The predicted molar refractivity (Wildman–Crippen MR) is 170 cm³/mol. The number of carbonyl (C=O) groups is 1. The molecule has 0 spiro atoms. The van der Waals surface area contributed by atoms with Gasteiger partial charge in [0.05, 0.1) is 24.0 Å². The Labute approximate surface area is 253 Å². The summed E-state index contributed by atoms with van der Waals surface area (Å²) in [4.78, 5) is 14.2. The highest BCUT2D eigenvalue weighted by atomic mass is 28.4. The second-order valence-electron chi connectivity index (χ2n) is 17.2. The van der Waals surface area contributed by atoms with Crippen LogP contribution in [0, 0.1) is 39.4 Å². The number of allylic oxidation sites excluding steroid dienone is 2. The number of Topliss-reactive ketones (excluding diaryl/α,β-unsaturated/α-hetero) is 1. The fourth-order valence-corrected chi connectivity index (χ4v) is 10.1. The minimum Gasteiger partial charge on any atom is -0.547 e. The number of ether oxygens (including phenoxy) is 2. The van der Waals surface area contributed by atoms with Crippen molar-refractivity contribution in [2.24, 2.45) is 28.1 Å². The third kappa shape index (κ3) is 5.80. The molecule has 0 saturated heterocycles. The molecule has 3 rings (SSSR count). The van der Waals surface area contributed by atoms with E-state index in [2.05, 4.69) is 101 Å². The van der Waals surface area contributed by atoms with Gasteiger partial charge in [0.2, 0.25) is 8.32 Å². The fourth-order valence-electron chi connectivity index (χ4n) is 7.52. The molecule has 0 aromatic carbocycles. The number of fused-ring (bicyclic) bond motifs is 3. The first-order valence-electron chi connectivity index (χ1n) is 15.5. The molecule has 234 valence electrons. The normalized spacial score (nSPS) is 34.5. The van der Waals surface area contributed by atoms with Crippen LogP contribution in [0.2, 0.25) is 36.3 Å². The maximum atomic E-state index is 14.2. The van der Waals surface area contributed by atoms with Crippen LogP contribution in [0.15, 0.2) is 11.3 Å². The Kier molecular flexibility index (Phi) is 9.15. The number of hydrogen-bond donors (Lipinski definition) is 0. The Hall–Kier alpha value is -0.986. The van der Waals surface area contributed by atoms with Crippen molar-refractivity contribution in [3.8, 4) is 6.07 Å². The molecule has 0 N–H and O–H groups in total. The number of methoxy groups -OCH3 is 1. The molecule has 0 radical (unpaired) electrons. The summed E-state index contributed by atoms with van der Waals surface area (Å²) < 4.78 is 26.0. The van der Waals surface area contributed by atoms with Crippen molar-refractivity contribution in [3.63, 3.8) is 0 Å². The van der Waals surface area contributed by atoms with E-state index in [0.29, 0.717) is 19.3 Å². The highest BCUT2D eigenvalue weighted by molar-refractivity contribution is 6.74. The first kappa shape index (κ1) is 34.5. The Morgan fingerprint density at radius 2 is 1.51 bits per heavy atom. The zero-order chi connectivity index (χ0) is 31.6. The first-order chi connectivity index (χ1) is 18.4. The average molecular weight is 606 g/mol. The SMILES string of the molecule is COCO[C@H]1C[C@]2(C)[C@H](CC(=O)[C@]3(C#N)CC(C)=C(O[Si](C)(C)C(C)(C)C)C[C@H]23)C(C)(C)[C@@H]1O[Si](C)(C)C(C)(C)C. The smallest absolute Gasteiger partial charge is 0.250 e. The van der Waals surface area contributed by atoms with E-state index in [-0.39, 0.29) is 57.5 Å². The van der Waals surface area contributed by atoms with Crippen LogP contribution in [-0.2, 0) is 23.1 Å². The van der Waals surface area contributed by atoms with Gasteiger partial charge in [0.15, 0.2) is 14.1 Å². The van der Waals surface area contributed by atoms with Crippen LogP contribution in [0.25, 0.3) is 0 Å². The maximum Gasteiger partial charge on any atom is 0.250 e. The summed E-state index contributed by atoms with van der Waals surface area (Å²) in [6.45, 7) is 31.8. The van der Waals surface area contributed by atoms with Gasteiger partial charge in [-0.25, -0.2) is 0 Å². The minimum absolute atomic E-state index is 0.0374. The summed E-state index contributed by atoms with van der Waals surface area (Å²) >= 11 is 0. The molecule has 41 heavy (non-hydrogen) atoms. The molecule has 3 aliphatic carbocycles. The van der Waals surface area contributed by atoms with E-state index in [1.807, 2.05) is 0 Å². The molecule has 2 saturated carbocycles. The molecule has 0 heterocycles. The molecule has 6 nitrogen and oxygen atoms in total. The van der Waals surface area contributed by atoms with E-state index in [0.717, 1.165) is 17.8 Å². The fraction of sp³-hybridized carbons (Fsp3) is 0.879. The monoisotopic (exact) mass is 605 g/mol. The largest absolute Gasteiger partial charge is 0.547 e. The Morgan fingerprint density at radius 1 is 0.951 bits per heavy atom. The van der Waals surface area contributed by atoms with E-state index >= 15 is 0 Å². The number of hydrogen-bond acceptors (Lipinski definition) is 6. The summed E-state index contributed by atoms with van der Waals surface area (Å²) in [7, 11) is -2.62. The van der Waals surface area contributed by atoms with Crippen LogP contribution in [0.1, 0.15) is 94.9 Å². The highest BCUT2D eigenvalue weighted by Crippen LogP contribution is 2.68. The lowest BCUT2D eigenvalue weighted by Gasteiger charge is -2.65. The third-order valence-corrected chi connectivity index (χ3v) is 20.9. The van der Waals surface area contributed by atoms with Crippen molar-refractivity contribution in [1.29, 1.82) is 5.26 Å².